The van der Waals surface area contributed by atoms with E-state index in [0.717, 1.165) is 53.9 Å². The maximum atomic E-state index is 13.1. The van der Waals surface area contributed by atoms with Crippen LogP contribution in [0.25, 0.3) is 11.0 Å². The fraction of sp³-hybridized carbons (Fsp3) is 0.231. The highest BCUT2D eigenvalue weighted by Gasteiger charge is 2.27. The van der Waals surface area contributed by atoms with E-state index in [1.807, 2.05) is 65.6 Å². The molecule has 1 atom stereocenters. The molecule has 2 heterocycles. The van der Waals surface area contributed by atoms with Crippen molar-refractivity contribution in [3.63, 3.8) is 0 Å². The Morgan fingerprint density at radius 3 is 2.65 bits per heavy atom. The topological polar surface area (TPSA) is 61.0 Å². The number of benzene rings is 3. The van der Waals surface area contributed by atoms with E-state index >= 15 is 0 Å². The van der Waals surface area contributed by atoms with Gasteiger partial charge in [0.1, 0.15) is 5.82 Å². The first-order valence-corrected chi connectivity index (χ1v) is 10.9. The summed E-state index contributed by atoms with van der Waals surface area (Å²) < 4.78 is 0. The number of para-hydroxylation sites is 3. The quantitative estimate of drug-likeness (QED) is 0.462. The van der Waals surface area contributed by atoms with Crippen LogP contribution in [0.5, 0.6) is 0 Å². The molecule has 5 nitrogen and oxygen atoms in total. The summed E-state index contributed by atoms with van der Waals surface area (Å²) in [5.74, 6) is 1.20. The number of rotatable bonds is 4. The van der Waals surface area contributed by atoms with E-state index in [1.165, 1.54) is 5.56 Å². The number of aromatic nitrogens is 2. The third kappa shape index (κ3) is 4.31. The number of carbonyl (C=O) groups excluding carboxylic acids is 1. The summed E-state index contributed by atoms with van der Waals surface area (Å²) in [6, 6.07) is 26.4. The van der Waals surface area contributed by atoms with Gasteiger partial charge in [-0.25, -0.2) is 9.78 Å². The Bertz CT molecular complexity index is 1150. The monoisotopic (exact) mass is 410 g/mol. The average molecular weight is 411 g/mol. The minimum Gasteiger partial charge on any atom is -0.342 e. The Morgan fingerprint density at radius 1 is 1.00 bits per heavy atom. The lowest BCUT2D eigenvalue weighted by Gasteiger charge is -2.32. The van der Waals surface area contributed by atoms with Gasteiger partial charge in [-0.1, -0.05) is 60.7 Å². The average Bonchev–Trinajstić information content (AvgIpc) is 3.26. The number of piperidine rings is 1. The number of fused-ring (bicyclic) bond motifs is 1. The molecule has 1 aliphatic rings. The van der Waals surface area contributed by atoms with E-state index in [4.69, 9.17) is 4.98 Å². The van der Waals surface area contributed by atoms with Gasteiger partial charge in [0.25, 0.3) is 0 Å². The van der Waals surface area contributed by atoms with Gasteiger partial charge >= 0.3 is 6.03 Å². The van der Waals surface area contributed by atoms with Crippen molar-refractivity contribution in [1.82, 2.24) is 14.9 Å². The van der Waals surface area contributed by atoms with Crippen molar-refractivity contribution in [3.8, 4) is 0 Å². The van der Waals surface area contributed by atoms with E-state index in [-0.39, 0.29) is 11.9 Å². The molecular formula is C26H26N4O. The molecule has 156 valence electrons. The minimum atomic E-state index is -0.0404. The SMILES string of the molecule is O=C(Nc1ccccc1Cc1ccccc1)N1CCCC(c2nc3ccccc3[nH]2)C1. The van der Waals surface area contributed by atoms with Gasteiger partial charge in [0.15, 0.2) is 0 Å². The van der Waals surface area contributed by atoms with Crippen LogP contribution in [0, 0.1) is 0 Å². The lowest BCUT2D eigenvalue weighted by atomic mass is 9.97. The van der Waals surface area contributed by atoms with E-state index in [9.17, 15) is 4.79 Å². The molecule has 5 heteroatoms. The molecular weight excluding hydrogens is 384 g/mol. The molecule has 1 aliphatic heterocycles. The number of H-pyrrole nitrogens is 1. The fourth-order valence-corrected chi connectivity index (χ4v) is 4.36. The van der Waals surface area contributed by atoms with Crippen LogP contribution in [0.1, 0.15) is 35.7 Å². The van der Waals surface area contributed by atoms with Crippen molar-refractivity contribution < 1.29 is 4.79 Å². The number of aromatic amines is 1. The van der Waals surface area contributed by atoms with Gasteiger partial charge in [-0.2, -0.15) is 0 Å². The molecule has 0 aliphatic carbocycles. The van der Waals surface area contributed by atoms with Crippen LogP contribution in [0.2, 0.25) is 0 Å². The largest absolute Gasteiger partial charge is 0.342 e. The van der Waals surface area contributed by atoms with Gasteiger partial charge in [-0.05, 0) is 48.6 Å². The molecule has 5 rings (SSSR count). The molecule has 3 aromatic carbocycles. The first-order valence-electron chi connectivity index (χ1n) is 10.9. The van der Waals surface area contributed by atoms with Gasteiger partial charge in [-0.15, -0.1) is 0 Å². The molecule has 4 aromatic rings. The number of hydrogen-bond acceptors (Lipinski definition) is 2. The lowest BCUT2D eigenvalue weighted by molar-refractivity contribution is 0.191. The first kappa shape index (κ1) is 19.4. The Kier molecular flexibility index (Phi) is 5.40. The van der Waals surface area contributed by atoms with Crippen molar-refractivity contribution >= 4 is 22.8 Å². The van der Waals surface area contributed by atoms with Crippen LogP contribution < -0.4 is 5.32 Å². The summed E-state index contributed by atoms with van der Waals surface area (Å²) >= 11 is 0. The van der Waals surface area contributed by atoms with Gasteiger partial charge in [0.2, 0.25) is 0 Å². The number of likely N-dealkylation sites (tertiary alicyclic amines) is 1. The molecule has 0 bridgehead atoms. The van der Waals surface area contributed by atoms with Crippen molar-refractivity contribution in [2.45, 2.75) is 25.2 Å². The van der Waals surface area contributed by atoms with Crippen LogP contribution in [0.15, 0.2) is 78.9 Å². The minimum absolute atomic E-state index is 0.0404. The van der Waals surface area contributed by atoms with Gasteiger partial charge in [0, 0.05) is 24.7 Å². The van der Waals surface area contributed by atoms with Crippen molar-refractivity contribution in [2.24, 2.45) is 0 Å². The maximum Gasteiger partial charge on any atom is 0.321 e. The normalized spacial score (nSPS) is 16.4. The fourth-order valence-electron chi connectivity index (χ4n) is 4.36. The molecule has 2 amide bonds. The maximum absolute atomic E-state index is 13.1. The van der Waals surface area contributed by atoms with Gasteiger partial charge in [-0.3, -0.25) is 0 Å². The summed E-state index contributed by atoms with van der Waals surface area (Å²) in [5, 5.41) is 3.16. The molecule has 1 unspecified atom stereocenters. The molecule has 0 spiro atoms. The van der Waals surface area contributed by atoms with E-state index in [1.54, 1.807) is 0 Å². The Labute approximate surface area is 182 Å². The second kappa shape index (κ2) is 8.64. The molecule has 0 saturated carbocycles. The summed E-state index contributed by atoms with van der Waals surface area (Å²) in [6.07, 6.45) is 2.80. The lowest BCUT2D eigenvalue weighted by Crippen LogP contribution is -2.42. The van der Waals surface area contributed by atoms with Gasteiger partial charge < -0.3 is 15.2 Å². The summed E-state index contributed by atoms with van der Waals surface area (Å²) in [6.45, 7) is 1.44. The first-order chi connectivity index (χ1) is 15.3. The van der Waals surface area contributed by atoms with Crippen molar-refractivity contribution in [1.29, 1.82) is 0 Å². The van der Waals surface area contributed by atoms with E-state index < -0.39 is 0 Å². The smallest absolute Gasteiger partial charge is 0.321 e. The Morgan fingerprint density at radius 2 is 1.77 bits per heavy atom. The molecule has 2 N–H and O–H groups in total. The second-order valence-electron chi connectivity index (χ2n) is 8.17. The summed E-state index contributed by atoms with van der Waals surface area (Å²) in [7, 11) is 0. The Hall–Kier alpha value is -3.60. The van der Waals surface area contributed by atoms with E-state index in [0.29, 0.717) is 6.54 Å². The molecule has 1 fully saturated rings. The third-order valence-electron chi connectivity index (χ3n) is 6.00. The van der Waals surface area contributed by atoms with Crippen molar-refractivity contribution in [2.75, 3.05) is 18.4 Å². The molecule has 0 radical (unpaired) electrons. The van der Waals surface area contributed by atoms with Gasteiger partial charge in [0.05, 0.1) is 11.0 Å². The third-order valence-corrected chi connectivity index (χ3v) is 6.00. The zero-order chi connectivity index (χ0) is 21.0. The number of amides is 2. The standard InChI is InChI=1S/C26H26N4O/c31-26(29-22-13-5-4-11-20(22)17-19-9-2-1-3-10-19)30-16-8-12-21(18-30)25-27-23-14-6-7-15-24(23)28-25/h1-7,9-11,13-15,21H,8,12,16-18H2,(H,27,28)(H,29,31). The highest BCUT2D eigenvalue weighted by molar-refractivity contribution is 5.90. The number of hydrogen-bond donors (Lipinski definition) is 2. The number of nitrogens with zero attached hydrogens (tertiary/aromatic N) is 2. The number of carbonyl (C=O) groups is 1. The van der Waals surface area contributed by atoms with Crippen LogP contribution in [0.4, 0.5) is 10.5 Å². The molecule has 1 saturated heterocycles. The number of nitrogens with one attached hydrogen (secondary N) is 2. The molecule has 31 heavy (non-hydrogen) atoms. The van der Waals surface area contributed by atoms with E-state index in [2.05, 4.69) is 28.5 Å². The Balaban J connectivity index is 1.29. The predicted molar refractivity (Wildman–Crippen MR) is 124 cm³/mol. The highest BCUT2D eigenvalue weighted by Crippen LogP contribution is 2.27. The predicted octanol–water partition coefficient (Wildman–Crippen LogP) is 5.57. The zero-order valence-electron chi connectivity index (χ0n) is 17.4. The van der Waals surface area contributed by atoms with Crippen LogP contribution in [-0.2, 0) is 6.42 Å². The number of imidazole rings is 1. The van der Waals surface area contributed by atoms with Crippen molar-refractivity contribution in [3.05, 3.63) is 95.8 Å². The number of urea groups is 1. The number of anilines is 1. The summed E-state index contributed by atoms with van der Waals surface area (Å²) in [4.78, 5) is 23.2. The summed E-state index contributed by atoms with van der Waals surface area (Å²) in [5.41, 5.74) is 5.25. The van der Waals surface area contributed by atoms with Crippen LogP contribution in [-0.4, -0.2) is 34.0 Å². The van der Waals surface area contributed by atoms with Crippen LogP contribution >= 0.6 is 0 Å². The molecule has 1 aromatic heterocycles. The highest BCUT2D eigenvalue weighted by atomic mass is 16.2. The zero-order valence-corrected chi connectivity index (χ0v) is 17.4. The van der Waals surface area contributed by atoms with Crippen LogP contribution in [0.3, 0.4) is 0 Å². The second-order valence-corrected chi connectivity index (χ2v) is 8.17.